The second-order valence-corrected chi connectivity index (χ2v) is 12.3. The summed E-state index contributed by atoms with van der Waals surface area (Å²) < 4.78 is 24.0. The van der Waals surface area contributed by atoms with Crippen molar-refractivity contribution in [2.75, 3.05) is 5.75 Å². The summed E-state index contributed by atoms with van der Waals surface area (Å²) in [6, 6.07) is 16.8. The Kier molecular flexibility index (Phi) is 7.83. The molecule has 36 heavy (non-hydrogen) atoms. The lowest BCUT2D eigenvalue weighted by Crippen LogP contribution is -2.28. The maximum atomic E-state index is 12.9. The summed E-state index contributed by atoms with van der Waals surface area (Å²) in [4.78, 5) is 20.4. The van der Waals surface area contributed by atoms with Gasteiger partial charge in [0, 0.05) is 30.4 Å². The molecule has 6 nitrogen and oxygen atoms in total. The van der Waals surface area contributed by atoms with Crippen molar-refractivity contribution in [1.29, 1.82) is 0 Å². The first-order valence-electron chi connectivity index (χ1n) is 12.2. The summed E-state index contributed by atoms with van der Waals surface area (Å²) in [5, 5.41) is 3.65. The zero-order valence-corrected chi connectivity index (χ0v) is 22.6. The highest BCUT2D eigenvalue weighted by molar-refractivity contribution is 7.91. The number of nitrogens with one attached hydrogen (secondary N) is 1. The molecule has 3 aromatic rings. The first kappa shape index (κ1) is 26.3. The molecule has 0 saturated carbocycles. The number of nitrogens with zero attached hydrogens (tertiary/aromatic N) is 2. The van der Waals surface area contributed by atoms with Crippen molar-refractivity contribution < 1.29 is 13.2 Å². The highest BCUT2D eigenvalue weighted by Gasteiger charge is 2.39. The van der Waals surface area contributed by atoms with Crippen LogP contribution in [0.2, 0.25) is 5.02 Å². The minimum atomic E-state index is -3.24. The Hall–Kier alpha value is -2.74. The molecule has 2 aromatic carbocycles. The maximum Gasteiger partial charge on any atom is 0.253 e. The van der Waals surface area contributed by atoms with Crippen LogP contribution in [-0.4, -0.2) is 30.0 Å². The maximum absolute atomic E-state index is 12.9. The van der Waals surface area contributed by atoms with E-state index in [1.165, 1.54) is 5.56 Å². The number of benzene rings is 2. The summed E-state index contributed by atoms with van der Waals surface area (Å²) >= 11 is 6.07. The molecule has 190 valence electrons. The average molecular weight is 526 g/mol. The zero-order valence-electron chi connectivity index (χ0n) is 21.0. The number of halogens is 1. The molecule has 1 unspecified atom stereocenters. The number of carbonyl (C=O) groups excluding carboxylic acids is 1. The Morgan fingerprint density at radius 3 is 2.33 bits per heavy atom. The largest absolute Gasteiger partial charge is 0.348 e. The molecule has 1 aliphatic rings. The van der Waals surface area contributed by atoms with Crippen molar-refractivity contribution in [3.05, 3.63) is 93.8 Å². The molecule has 0 fully saturated rings. The summed E-state index contributed by atoms with van der Waals surface area (Å²) in [6.45, 7) is 9.24. The van der Waals surface area contributed by atoms with Gasteiger partial charge in [0.15, 0.2) is 9.84 Å². The first-order valence-corrected chi connectivity index (χ1v) is 14.2. The van der Waals surface area contributed by atoms with E-state index in [9.17, 15) is 13.2 Å². The highest BCUT2D eigenvalue weighted by atomic mass is 35.5. The van der Waals surface area contributed by atoms with Crippen LogP contribution < -0.4 is 5.32 Å². The van der Waals surface area contributed by atoms with Gasteiger partial charge in [0.2, 0.25) is 0 Å². The molecule has 1 aliphatic heterocycles. The van der Waals surface area contributed by atoms with Crippen molar-refractivity contribution in [3.8, 4) is 0 Å². The Morgan fingerprint density at radius 1 is 1.08 bits per heavy atom. The second-order valence-electron chi connectivity index (χ2n) is 9.59. The number of carbonyl (C=O) groups is 1. The SMILES string of the molecule is CCS(=O)(=O)c1ccc(CNC(=O)c2cnc3c(c2)[C@H](C)N(Cc2ccc(Cl)cc2)C3C(C)C)cc1. The lowest BCUT2D eigenvalue weighted by Gasteiger charge is -2.31. The molecule has 0 radical (unpaired) electrons. The number of fused-ring (bicyclic) bond motifs is 1. The normalized spacial score (nSPS) is 17.8. The van der Waals surface area contributed by atoms with Gasteiger partial charge >= 0.3 is 0 Å². The number of rotatable bonds is 8. The molecule has 0 spiro atoms. The van der Waals surface area contributed by atoms with Gasteiger partial charge in [-0.25, -0.2) is 8.42 Å². The predicted octanol–water partition coefficient (Wildman–Crippen LogP) is 5.73. The number of sulfone groups is 1. The smallest absolute Gasteiger partial charge is 0.253 e. The lowest BCUT2D eigenvalue weighted by molar-refractivity contribution is 0.0950. The third kappa shape index (κ3) is 5.48. The minimum absolute atomic E-state index is 0.0572. The third-order valence-corrected chi connectivity index (χ3v) is 8.82. The van der Waals surface area contributed by atoms with Crippen LogP contribution in [0.15, 0.2) is 65.7 Å². The van der Waals surface area contributed by atoms with Gasteiger partial charge in [-0.1, -0.05) is 56.6 Å². The van der Waals surface area contributed by atoms with Gasteiger partial charge in [0.05, 0.1) is 27.9 Å². The fourth-order valence-corrected chi connectivity index (χ4v) is 5.79. The van der Waals surface area contributed by atoms with Crippen molar-refractivity contribution in [2.24, 2.45) is 5.92 Å². The van der Waals surface area contributed by atoms with Gasteiger partial charge < -0.3 is 5.32 Å². The molecular formula is C28H32ClN3O3S. The molecule has 0 bridgehead atoms. The van der Waals surface area contributed by atoms with Gasteiger partial charge in [-0.15, -0.1) is 0 Å². The van der Waals surface area contributed by atoms with Gasteiger partial charge in [0.1, 0.15) is 0 Å². The minimum Gasteiger partial charge on any atom is -0.348 e. The molecule has 2 heterocycles. The molecule has 4 rings (SSSR count). The second kappa shape index (κ2) is 10.7. The molecular weight excluding hydrogens is 494 g/mol. The topological polar surface area (TPSA) is 79.4 Å². The van der Waals surface area contributed by atoms with E-state index in [2.05, 4.69) is 31.0 Å². The van der Waals surface area contributed by atoms with Crippen molar-refractivity contribution >= 4 is 27.3 Å². The monoisotopic (exact) mass is 525 g/mol. The van der Waals surface area contributed by atoms with Gasteiger partial charge in [-0.05, 0) is 59.9 Å². The molecule has 8 heteroatoms. The number of aromatic nitrogens is 1. The highest BCUT2D eigenvalue weighted by Crippen LogP contribution is 2.45. The van der Waals surface area contributed by atoms with Gasteiger partial charge in [0.25, 0.3) is 5.91 Å². The lowest BCUT2D eigenvalue weighted by atomic mass is 9.99. The summed E-state index contributed by atoms with van der Waals surface area (Å²) in [6.07, 6.45) is 1.65. The van der Waals surface area contributed by atoms with E-state index in [0.717, 1.165) is 28.4 Å². The van der Waals surface area contributed by atoms with Crippen molar-refractivity contribution in [2.45, 2.75) is 57.8 Å². The van der Waals surface area contributed by atoms with E-state index in [-0.39, 0.29) is 23.7 Å². The van der Waals surface area contributed by atoms with Gasteiger partial charge in [-0.2, -0.15) is 0 Å². The van der Waals surface area contributed by atoms with Crippen LogP contribution in [0.1, 0.15) is 72.5 Å². The Bertz CT molecular complexity index is 1340. The van der Waals surface area contributed by atoms with Crippen LogP contribution in [0.4, 0.5) is 0 Å². The van der Waals surface area contributed by atoms with Crippen LogP contribution >= 0.6 is 11.6 Å². The molecule has 0 saturated heterocycles. The zero-order chi connectivity index (χ0) is 26.0. The number of pyridine rings is 1. The van der Waals surface area contributed by atoms with E-state index in [1.54, 1.807) is 37.4 Å². The third-order valence-electron chi connectivity index (χ3n) is 6.82. The van der Waals surface area contributed by atoms with Crippen LogP contribution in [0.3, 0.4) is 0 Å². The first-order chi connectivity index (χ1) is 17.1. The van der Waals surface area contributed by atoms with Gasteiger partial charge in [-0.3, -0.25) is 14.7 Å². The van der Waals surface area contributed by atoms with Crippen molar-refractivity contribution in [3.63, 3.8) is 0 Å². The van der Waals surface area contributed by atoms with E-state index in [4.69, 9.17) is 16.6 Å². The Balaban J connectivity index is 1.49. The number of amides is 1. The van der Waals surface area contributed by atoms with E-state index < -0.39 is 9.84 Å². The summed E-state index contributed by atoms with van der Waals surface area (Å²) in [5.74, 6) is 0.203. The molecule has 1 amide bonds. The van der Waals surface area contributed by atoms with Crippen LogP contribution in [0.5, 0.6) is 0 Å². The quantitative estimate of drug-likeness (QED) is 0.406. The summed E-state index contributed by atoms with van der Waals surface area (Å²) in [7, 11) is -3.24. The standard InChI is InChI=1S/C28H32ClN3O3S/c1-5-36(34,35)24-12-8-20(9-13-24)15-31-28(33)22-14-25-19(4)32(17-21-6-10-23(29)11-7-21)27(18(2)3)26(25)30-16-22/h6-14,16,18-19,27H,5,15,17H2,1-4H3,(H,31,33)/t19-,27?/m0/s1. The number of hydrogen-bond acceptors (Lipinski definition) is 5. The number of hydrogen-bond donors (Lipinski definition) is 1. The Labute approximate surface area is 218 Å². The van der Waals surface area contributed by atoms with E-state index in [1.807, 2.05) is 30.3 Å². The predicted molar refractivity (Wildman–Crippen MR) is 143 cm³/mol. The average Bonchev–Trinajstić information content (AvgIpc) is 3.15. The van der Waals surface area contributed by atoms with Crippen LogP contribution in [0, 0.1) is 5.92 Å². The fourth-order valence-electron chi connectivity index (χ4n) is 4.78. The van der Waals surface area contributed by atoms with Crippen molar-refractivity contribution in [1.82, 2.24) is 15.2 Å². The fraction of sp³-hybridized carbons (Fsp3) is 0.357. The molecule has 1 N–H and O–H groups in total. The van der Waals surface area contributed by atoms with Crippen LogP contribution in [-0.2, 0) is 22.9 Å². The molecule has 1 aromatic heterocycles. The molecule has 2 atom stereocenters. The molecule has 0 aliphatic carbocycles. The van der Waals surface area contributed by atoms with Crippen LogP contribution in [0.25, 0.3) is 0 Å². The summed E-state index contributed by atoms with van der Waals surface area (Å²) in [5.41, 5.74) is 4.62. The van der Waals surface area contributed by atoms with E-state index in [0.29, 0.717) is 22.9 Å². The Morgan fingerprint density at radius 2 is 1.72 bits per heavy atom. The van der Waals surface area contributed by atoms with E-state index >= 15 is 0 Å².